The van der Waals surface area contributed by atoms with Gasteiger partial charge in [-0.25, -0.2) is 0 Å². The fourth-order valence-electron chi connectivity index (χ4n) is 2.08. The molecule has 1 aromatic rings. The summed E-state index contributed by atoms with van der Waals surface area (Å²) in [5.41, 5.74) is 1.39. The average molecular weight is 300 g/mol. The molecule has 0 aliphatic rings. The van der Waals surface area contributed by atoms with Gasteiger partial charge in [-0.15, -0.1) is 0 Å². The lowest BCUT2D eigenvalue weighted by atomic mass is 9.85. The van der Waals surface area contributed by atoms with Crippen molar-refractivity contribution in [2.24, 2.45) is 5.92 Å². The summed E-state index contributed by atoms with van der Waals surface area (Å²) < 4.78 is 6.30. The smallest absolute Gasteiger partial charge is 0.0465 e. The molecule has 0 heterocycles. The predicted molar refractivity (Wildman–Crippen MR) is 76.5 cm³/mol. The van der Waals surface area contributed by atoms with Gasteiger partial charge in [0.25, 0.3) is 0 Å². The molecule has 1 N–H and O–H groups in total. The van der Waals surface area contributed by atoms with E-state index in [0.717, 1.165) is 24.0 Å². The van der Waals surface area contributed by atoms with Crippen LogP contribution in [0.3, 0.4) is 0 Å². The zero-order valence-corrected chi connectivity index (χ0v) is 12.5. The minimum absolute atomic E-state index is 0.545. The first kappa shape index (κ1) is 14.7. The number of likely N-dealkylation sites (N-methyl/N-ethyl adjacent to an activating group) is 1. The first-order valence-corrected chi connectivity index (χ1v) is 6.87. The van der Waals surface area contributed by atoms with Crippen LogP contribution in [0.25, 0.3) is 0 Å². The number of halogens is 1. The Kier molecular flexibility index (Phi) is 6.78. The Labute approximate surface area is 113 Å². The lowest BCUT2D eigenvalue weighted by Crippen LogP contribution is -2.23. The lowest BCUT2D eigenvalue weighted by Gasteiger charge is -2.24. The molecule has 96 valence electrons. The minimum atomic E-state index is 0.545. The second kappa shape index (κ2) is 7.85. The zero-order valence-electron chi connectivity index (χ0n) is 10.9. The predicted octanol–water partition coefficient (Wildman–Crippen LogP) is 3.42. The largest absolute Gasteiger partial charge is 0.385 e. The molecule has 0 aliphatic heterocycles. The molecule has 0 aliphatic carbocycles. The van der Waals surface area contributed by atoms with E-state index in [1.807, 2.05) is 7.05 Å². The SMILES string of the molecule is CNCC(c1ccc(Br)cc1)C(C)CCOC. The lowest BCUT2D eigenvalue weighted by molar-refractivity contribution is 0.174. The van der Waals surface area contributed by atoms with Gasteiger partial charge in [0, 0.05) is 24.7 Å². The highest BCUT2D eigenvalue weighted by molar-refractivity contribution is 9.10. The fraction of sp³-hybridized carbons (Fsp3) is 0.571. The number of rotatable bonds is 7. The molecule has 2 unspecified atom stereocenters. The van der Waals surface area contributed by atoms with Crippen LogP contribution in [0.1, 0.15) is 24.8 Å². The number of nitrogens with one attached hydrogen (secondary N) is 1. The van der Waals surface area contributed by atoms with E-state index in [9.17, 15) is 0 Å². The van der Waals surface area contributed by atoms with Crippen molar-refractivity contribution in [3.05, 3.63) is 34.3 Å². The van der Waals surface area contributed by atoms with E-state index >= 15 is 0 Å². The molecule has 0 amide bonds. The Morgan fingerprint density at radius 3 is 2.47 bits per heavy atom. The highest BCUT2D eigenvalue weighted by atomic mass is 79.9. The van der Waals surface area contributed by atoms with Gasteiger partial charge < -0.3 is 10.1 Å². The second-order valence-electron chi connectivity index (χ2n) is 4.47. The van der Waals surface area contributed by atoms with Crippen LogP contribution in [0.5, 0.6) is 0 Å². The van der Waals surface area contributed by atoms with Crippen molar-refractivity contribution in [2.45, 2.75) is 19.3 Å². The van der Waals surface area contributed by atoms with E-state index in [1.165, 1.54) is 5.56 Å². The Hall–Kier alpha value is -0.380. The van der Waals surface area contributed by atoms with Gasteiger partial charge in [-0.05, 0) is 43.0 Å². The molecule has 0 saturated carbocycles. The maximum absolute atomic E-state index is 5.17. The van der Waals surface area contributed by atoms with Crippen molar-refractivity contribution in [3.63, 3.8) is 0 Å². The third-order valence-corrected chi connectivity index (χ3v) is 3.72. The van der Waals surface area contributed by atoms with Gasteiger partial charge in [0.15, 0.2) is 0 Å². The van der Waals surface area contributed by atoms with E-state index in [-0.39, 0.29) is 0 Å². The van der Waals surface area contributed by atoms with Gasteiger partial charge in [-0.2, -0.15) is 0 Å². The van der Waals surface area contributed by atoms with Crippen molar-refractivity contribution in [1.29, 1.82) is 0 Å². The molecule has 0 radical (unpaired) electrons. The first-order chi connectivity index (χ1) is 8.19. The number of hydrogen-bond donors (Lipinski definition) is 1. The molecule has 0 bridgehead atoms. The number of ether oxygens (including phenoxy) is 1. The molecule has 3 heteroatoms. The highest BCUT2D eigenvalue weighted by Crippen LogP contribution is 2.27. The summed E-state index contributed by atoms with van der Waals surface area (Å²) in [4.78, 5) is 0. The minimum Gasteiger partial charge on any atom is -0.385 e. The molecule has 17 heavy (non-hydrogen) atoms. The van der Waals surface area contributed by atoms with Crippen LogP contribution < -0.4 is 5.32 Å². The quantitative estimate of drug-likeness (QED) is 0.833. The molecule has 0 spiro atoms. The van der Waals surface area contributed by atoms with E-state index < -0.39 is 0 Å². The molecule has 1 rings (SSSR count). The van der Waals surface area contributed by atoms with Gasteiger partial charge >= 0.3 is 0 Å². The summed E-state index contributed by atoms with van der Waals surface area (Å²) in [6.45, 7) is 4.13. The summed E-state index contributed by atoms with van der Waals surface area (Å²) in [7, 11) is 3.77. The molecule has 0 aromatic heterocycles. The normalized spacial score (nSPS) is 14.6. The van der Waals surface area contributed by atoms with Crippen molar-refractivity contribution in [1.82, 2.24) is 5.32 Å². The van der Waals surface area contributed by atoms with Crippen LogP contribution in [0.15, 0.2) is 28.7 Å². The van der Waals surface area contributed by atoms with Crippen molar-refractivity contribution in [3.8, 4) is 0 Å². The van der Waals surface area contributed by atoms with Gasteiger partial charge in [-0.3, -0.25) is 0 Å². The maximum atomic E-state index is 5.17. The molecule has 2 nitrogen and oxygen atoms in total. The molecular weight excluding hydrogens is 278 g/mol. The van der Waals surface area contributed by atoms with Gasteiger partial charge in [0.1, 0.15) is 0 Å². The summed E-state index contributed by atoms with van der Waals surface area (Å²) in [5.74, 6) is 1.16. The van der Waals surface area contributed by atoms with Crippen molar-refractivity contribution < 1.29 is 4.74 Å². The average Bonchev–Trinajstić information content (AvgIpc) is 2.34. The summed E-state index contributed by atoms with van der Waals surface area (Å²) in [6.07, 6.45) is 1.10. The maximum Gasteiger partial charge on any atom is 0.0465 e. The van der Waals surface area contributed by atoms with E-state index in [1.54, 1.807) is 7.11 Å². The monoisotopic (exact) mass is 299 g/mol. The number of methoxy groups -OCH3 is 1. The molecule has 0 saturated heterocycles. The topological polar surface area (TPSA) is 21.3 Å². The van der Waals surface area contributed by atoms with Crippen LogP contribution in [0.4, 0.5) is 0 Å². The number of benzene rings is 1. The van der Waals surface area contributed by atoms with Crippen LogP contribution in [-0.2, 0) is 4.74 Å². The van der Waals surface area contributed by atoms with Crippen LogP contribution in [0, 0.1) is 5.92 Å². The van der Waals surface area contributed by atoms with Gasteiger partial charge in [0.2, 0.25) is 0 Å². The summed E-state index contributed by atoms with van der Waals surface area (Å²) in [6, 6.07) is 8.63. The van der Waals surface area contributed by atoms with Crippen molar-refractivity contribution >= 4 is 15.9 Å². The third kappa shape index (κ3) is 4.78. The first-order valence-electron chi connectivity index (χ1n) is 6.08. The Bertz CT molecular complexity index is 313. The summed E-state index contributed by atoms with van der Waals surface area (Å²) in [5, 5.41) is 3.29. The van der Waals surface area contributed by atoms with Gasteiger partial charge in [0.05, 0.1) is 0 Å². The summed E-state index contributed by atoms with van der Waals surface area (Å²) >= 11 is 3.48. The Morgan fingerprint density at radius 1 is 1.29 bits per heavy atom. The molecule has 1 aromatic carbocycles. The Balaban J connectivity index is 2.73. The number of hydrogen-bond acceptors (Lipinski definition) is 2. The highest BCUT2D eigenvalue weighted by Gasteiger charge is 2.18. The zero-order chi connectivity index (χ0) is 12.7. The third-order valence-electron chi connectivity index (χ3n) is 3.19. The molecular formula is C14H22BrNO. The molecule has 0 fully saturated rings. The van der Waals surface area contributed by atoms with Crippen LogP contribution in [-0.4, -0.2) is 27.3 Å². The van der Waals surface area contributed by atoms with Crippen molar-refractivity contribution in [2.75, 3.05) is 27.3 Å². The van der Waals surface area contributed by atoms with Gasteiger partial charge in [-0.1, -0.05) is 35.0 Å². The fourth-order valence-corrected chi connectivity index (χ4v) is 2.35. The second-order valence-corrected chi connectivity index (χ2v) is 5.39. The standard InChI is InChI=1S/C14H22BrNO/c1-11(8-9-17-3)14(10-16-2)12-4-6-13(15)7-5-12/h4-7,11,14,16H,8-10H2,1-3H3. The van der Waals surface area contributed by atoms with E-state index in [0.29, 0.717) is 11.8 Å². The van der Waals surface area contributed by atoms with E-state index in [2.05, 4.69) is 52.4 Å². The van der Waals surface area contributed by atoms with Crippen LogP contribution in [0.2, 0.25) is 0 Å². The van der Waals surface area contributed by atoms with Crippen LogP contribution >= 0.6 is 15.9 Å². The van der Waals surface area contributed by atoms with E-state index in [4.69, 9.17) is 4.74 Å². The molecule has 2 atom stereocenters. The Morgan fingerprint density at radius 2 is 1.94 bits per heavy atom.